The van der Waals surface area contributed by atoms with Gasteiger partial charge in [-0.15, -0.1) is 0 Å². The lowest BCUT2D eigenvalue weighted by molar-refractivity contribution is 0.511. The van der Waals surface area contributed by atoms with E-state index in [2.05, 4.69) is 23.7 Å². The van der Waals surface area contributed by atoms with Crippen LogP contribution in [0.5, 0.6) is 0 Å². The smallest absolute Gasteiger partial charge is 0.159 e. The Bertz CT molecular complexity index is 1280. The lowest BCUT2D eigenvalue weighted by atomic mass is 10.0. The Morgan fingerprint density at radius 1 is 0.767 bits per heavy atom. The maximum absolute atomic E-state index is 14.6. The van der Waals surface area contributed by atoms with E-state index in [-0.39, 0.29) is 5.56 Å². The van der Waals surface area contributed by atoms with Crippen molar-refractivity contribution < 1.29 is 13.2 Å². The first-order valence-electron chi connectivity index (χ1n) is 9.69. The van der Waals surface area contributed by atoms with Gasteiger partial charge < -0.3 is 0 Å². The summed E-state index contributed by atoms with van der Waals surface area (Å²) in [6.07, 6.45) is 3.83. The highest BCUT2D eigenvalue weighted by Gasteiger charge is 2.06. The lowest BCUT2D eigenvalue weighted by Crippen LogP contribution is -1.90. The molecule has 3 aromatic carbocycles. The fraction of sp³-hybridized carbons (Fsp3) is 0.115. The van der Waals surface area contributed by atoms with Crippen molar-refractivity contribution in [3.05, 3.63) is 101 Å². The molecular weight excluding hydrogens is 383 g/mol. The van der Waals surface area contributed by atoms with E-state index in [0.29, 0.717) is 27.6 Å². The predicted molar refractivity (Wildman–Crippen MR) is 113 cm³/mol. The number of hydrogen-bond acceptors (Lipinski definition) is 1. The minimum atomic E-state index is -0.912. The summed E-state index contributed by atoms with van der Waals surface area (Å²) in [7, 11) is 0. The number of halogens is 3. The van der Waals surface area contributed by atoms with E-state index < -0.39 is 17.5 Å². The molecule has 0 aliphatic heterocycles. The fourth-order valence-corrected chi connectivity index (χ4v) is 3.27. The zero-order valence-corrected chi connectivity index (χ0v) is 16.3. The Morgan fingerprint density at radius 3 is 2.27 bits per heavy atom. The van der Waals surface area contributed by atoms with E-state index in [9.17, 15) is 13.2 Å². The quantitative estimate of drug-likeness (QED) is 0.349. The molecule has 4 rings (SSSR count). The molecule has 0 saturated carbocycles. The number of aromatic nitrogens is 1. The summed E-state index contributed by atoms with van der Waals surface area (Å²) in [6.45, 7) is 2.11. The van der Waals surface area contributed by atoms with Gasteiger partial charge in [0.1, 0.15) is 5.82 Å². The van der Waals surface area contributed by atoms with Gasteiger partial charge in [-0.2, -0.15) is 0 Å². The Morgan fingerprint density at radius 2 is 1.57 bits per heavy atom. The number of pyridine rings is 1. The minimum Gasteiger partial charge on any atom is -0.256 e. The summed E-state index contributed by atoms with van der Waals surface area (Å²) in [5.74, 6) is 3.46. The van der Waals surface area contributed by atoms with Crippen LogP contribution in [-0.4, -0.2) is 4.98 Å². The third-order valence-corrected chi connectivity index (χ3v) is 4.85. The Hall–Kier alpha value is -3.58. The van der Waals surface area contributed by atoms with Crippen molar-refractivity contribution in [2.75, 3.05) is 0 Å². The van der Waals surface area contributed by atoms with Crippen molar-refractivity contribution in [2.45, 2.75) is 19.8 Å². The van der Waals surface area contributed by atoms with Crippen LogP contribution in [0.1, 0.15) is 30.0 Å². The molecule has 4 aromatic rings. The van der Waals surface area contributed by atoms with Crippen LogP contribution in [0.25, 0.3) is 22.0 Å². The third kappa shape index (κ3) is 4.21. The van der Waals surface area contributed by atoms with Crippen molar-refractivity contribution in [3.63, 3.8) is 0 Å². The van der Waals surface area contributed by atoms with E-state index in [1.54, 1.807) is 30.3 Å². The number of aryl methyl sites for hydroxylation is 1. The highest BCUT2D eigenvalue weighted by Crippen LogP contribution is 2.22. The maximum Gasteiger partial charge on any atom is 0.159 e. The summed E-state index contributed by atoms with van der Waals surface area (Å²) < 4.78 is 41.3. The van der Waals surface area contributed by atoms with Crippen LogP contribution >= 0.6 is 0 Å². The van der Waals surface area contributed by atoms with Gasteiger partial charge in [0.2, 0.25) is 0 Å². The Labute approximate surface area is 173 Å². The molecule has 0 saturated heterocycles. The number of benzene rings is 3. The van der Waals surface area contributed by atoms with Crippen LogP contribution in [0, 0.1) is 29.3 Å². The third-order valence-electron chi connectivity index (χ3n) is 4.85. The summed E-state index contributed by atoms with van der Waals surface area (Å²) in [4.78, 5) is 4.41. The molecule has 1 heterocycles. The molecule has 0 radical (unpaired) electrons. The molecule has 0 unspecified atom stereocenters. The van der Waals surface area contributed by atoms with Gasteiger partial charge >= 0.3 is 0 Å². The SMILES string of the molecule is CCCc1ccc(-c2ccc(C#Cc3ccc4cc(F)c(F)cc4c3)c(F)c2)nc1. The predicted octanol–water partition coefficient (Wildman–Crippen LogP) is 6.67. The fourth-order valence-electron chi connectivity index (χ4n) is 3.27. The van der Waals surface area contributed by atoms with Gasteiger partial charge in [0.25, 0.3) is 0 Å². The molecule has 30 heavy (non-hydrogen) atoms. The number of hydrogen-bond donors (Lipinski definition) is 0. The summed E-state index contributed by atoms with van der Waals surface area (Å²) in [5, 5.41) is 1.11. The molecule has 0 fully saturated rings. The van der Waals surface area contributed by atoms with Crippen LogP contribution in [-0.2, 0) is 6.42 Å². The van der Waals surface area contributed by atoms with Crippen molar-refractivity contribution in [2.24, 2.45) is 0 Å². The van der Waals surface area contributed by atoms with Crippen LogP contribution in [0.3, 0.4) is 0 Å². The second-order valence-corrected chi connectivity index (χ2v) is 7.07. The maximum atomic E-state index is 14.6. The normalized spacial score (nSPS) is 10.7. The molecule has 0 atom stereocenters. The van der Waals surface area contributed by atoms with E-state index in [1.165, 1.54) is 6.07 Å². The van der Waals surface area contributed by atoms with Crippen molar-refractivity contribution in [3.8, 4) is 23.1 Å². The molecule has 1 aromatic heterocycles. The highest BCUT2D eigenvalue weighted by atomic mass is 19.2. The molecule has 148 valence electrons. The summed E-state index contributed by atoms with van der Waals surface area (Å²) in [6, 6.07) is 16.0. The molecule has 1 nitrogen and oxygen atoms in total. The molecule has 0 spiro atoms. The molecular formula is C26H18F3N. The topological polar surface area (TPSA) is 12.9 Å². The van der Waals surface area contributed by atoms with Crippen LogP contribution in [0.15, 0.2) is 66.9 Å². The van der Waals surface area contributed by atoms with Crippen molar-refractivity contribution in [1.29, 1.82) is 0 Å². The Kier molecular flexibility index (Phi) is 5.54. The molecule has 4 heteroatoms. The van der Waals surface area contributed by atoms with Gasteiger partial charge in [0, 0.05) is 17.3 Å². The van der Waals surface area contributed by atoms with Gasteiger partial charge in [-0.25, -0.2) is 13.2 Å². The highest BCUT2D eigenvalue weighted by molar-refractivity contribution is 5.84. The van der Waals surface area contributed by atoms with E-state index in [1.807, 2.05) is 18.3 Å². The number of fused-ring (bicyclic) bond motifs is 1. The summed E-state index contributed by atoms with van der Waals surface area (Å²) in [5.41, 5.74) is 3.39. The number of nitrogens with zero attached hydrogens (tertiary/aromatic N) is 1. The van der Waals surface area contributed by atoms with Crippen LogP contribution < -0.4 is 0 Å². The van der Waals surface area contributed by atoms with E-state index in [0.717, 1.165) is 30.5 Å². The molecule has 0 bridgehead atoms. The van der Waals surface area contributed by atoms with Gasteiger partial charge in [-0.1, -0.05) is 43.4 Å². The van der Waals surface area contributed by atoms with Gasteiger partial charge in [-0.3, -0.25) is 4.98 Å². The van der Waals surface area contributed by atoms with Gasteiger partial charge in [-0.05, 0) is 65.2 Å². The van der Waals surface area contributed by atoms with E-state index in [4.69, 9.17) is 0 Å². The first-order chi connectivity index (χ1) is 14.5. The Balaban J connectivity index is 1.59. The standard InChI is InChI=1S/C26H18F3N/c1-2-3-18-6-11-26(30-16-18)21-10-9-19(23(27)14-21)7-4-17-5-8-20-13-24(28)25(29)15-22(20)12-17/h5-6,8-16H,2-3H2,1H3. The van der Waals surface area contributed by atoms with Crippen molar-refractivity contribution in [1.82, 2.24) is 4.98 Å². The zero-order valence-electron chi connectivity index (χ0n) is 16.3. The first-order valence-corrected chi connectivity index (χ1v) is 9.69. The zero-order chi connectivity index (χ0) is 21.1. The van der Waals surface area contributed by atoms with Crippen molar-refractivity contribution >= 4 is 10.8 Å². The molecule has 0 amide bonds. The largest absolute Gasteiger partial charge is 0.256 e. The average molecular weight is 401 g/mol. The molecule has 0 aliphatic carbocycles. The number of rotatable bonds is 3. The van der Waals surface area contributed by atoms with Crippen LogP contribution in [0.4, 0.5) is 13.2 Å². The summed E-state index contributed by atoms with van der Waals surface area (Å²) >= 11 is 0. The van der Waals surface area contributed by atoms with Gasteiger partial charge in [0.15, 0.2) is 11.6 Å². The van der Waals surface area contributed by atoms with E-state index >= 15 is 0 Å². The molecule has 0 aliphatic rings. The molecule has 0 N–H and O–H groups in total. The monoisotopic (exact) mass is 401 g/mol. The van der Waals surface area contributed by atoms with Crippen LogP contribution in [0.2, 0.25) is 0 Å². The first kappa shape index (κ1) is 19.7. The second kappa shape index (κ2) is 8.42. The van der Waals surface area contributed by atoms with Gasteiger partial charge in [0.05, 0.1) is 11.3 Å². The average Bonchev–Trinajstić information content (AvgIpc) is 2.74. The second-order valence-electron chi connectivity index (χ2n) is 7.07. The minimum absolute atomic E-state index is 0.256. The lowest BCUT2D eigenvalue weighted by Gasteiger charge is -2.04.